The van der Waals surface area contributed by atoms with Gasteiger partial charge in [0, 0.05) is 4.32 Å². The van der Waals surface area contributed by atoms with Crippen LogP contribution in [0.1, 0.15) is 38.5 Å². The molecule has 0 amide bonds. The van der Waals surface area contributed by atoms with Crippen LogP contribution in [0.15, 0.2) is 0 Å². The monoisotopic (exact) mass is 240 g/mol. The Bertz CT molecular complexity index is 262. The van der Waals surface area contributed by atoms with Crippen LogP contribution in [-0.4, -0.2) is 4.32 Å². The maximum Gasteiger partial charge on any atom is 0.0317 e. The molecule has 72 valence electrons. The highest BCUT2D eigenvalue weighted by Crippen LogP contribution is 2.69. The molecule has 0 aromatic heterocycles. The van der Waals surface area contributed by atoms with Crippen molar-refractivity contribution in [1.29, 1.82) is 0 Å². The van der Waals surface area contributed by atoms with Gasteiger partial charge in [0.2, 0.25) is 0 Å². The Morgan fingerprint density at radius 2 is 2.00 bits per heavy atom. The number of halogens is 1. The maximum atomic E-state index is 4.13. The molecule has 0 aromatic carbocycles. The standard InChI is InChI=1S/C12H17Br/c13-12-2-1-10-8-3-7(5-11(10)12)4-9(12)6-8/h7-11H,1-6H2. The molecular formula is C12H17Br. The molecule has 5 aliphatic rings. The van der Waals surface area contributed by atoms with Crippen molar-refractivity contribution in [2.24, 2.45) is 29.6 Å². The Morgan fingerprint density at radius 1 is 1.08 bits per heavy atom. The van der Waals surface area contributed by atoms with Gasteiger partial charge >= 0.3 is 0 Å². The average molecular weight is 241 g/mol. The highest BCUT2D eigenvalue weighted by atomic mass is 79.9. The Morgan fingerprint density at radius 3 is 2.92 bits per heavy atom. The molecule has 0 N–H and O–H groups in total. The molecule has 0 heterocycles. The van der Waals surface area contributed by atoms with Crippen LogP contribution < -0.4 is 0 Å². The molecule has 0 nitrogen and oxygen atoms in total. The van der Waals surface area contributed by atoms with Gasteiger partial charge in [0.05, 0.1) is 0 Å². The van der Waals surface area contributed by atoms with E-state index in [0.717, 1.165) is 29.6 Å². The van der Waals surface area contributed by atoms with E-state index in [2.05, 4.69) is 15.9 Å². The smallest absolute Gasteiger partial charge is 0.0317 e. The molecule has 0 saturated heterocycles. The Hall–Kier alpha value is 0.480. The second kappa shape index (κ2) is 2.18. The normalized spacial score (nSPS) is 67.6. The van der Waals surface area contributed by atoms with Gasteiger partial charge in [-0.25, -0.2) is 0 Å². The Labute approximate surface area is 88.6 Å². The van der Waals surface area contributed by atoms with Crippen LogP contribution in [0.5, 0.6) is 0 Å². The zero-order chi connectivity index (χ0) is 8.63. The molecule has 6 atom stereocenters. The molecule has 5 saturated carbocycles. The first-order chi connectivity index (χ1) is 6.27. The van der Waals surface area contributed by atoms with E-state index in [4.69, 9.17) is 0 Å². The van der Waals surface area contributed by atoms with E-state index in [1.165, 1.54) is 6.42 Å². The summed E-state index contributed by atoms with van der Waals surface area (Å²) in [7, 11) is 0. The van der Waals surface area contributed by atoms with Gasteiger partial charge in [-0.15, -0.1) is 0 Å². The summed E-state index contributed by atoms with van der Waals surface area (Å²) in [5, 5.41) is 0. The largest absolute Gasteiger partial charge is 0.0847 e. The van der Waals surface area contributed by atoms with Crippen molar-refractivity contribution in [1.82, 2.24) is 0 Å². The van der Waals surface area contributed by atoms with Crippen molar-refractivity contribution in [2.45, 2.75) is 42.8 Å². The molecule has 5 fully saturated rings. The van der Waals surface area contributed by atoms with Gasteiger partial charge < -0.3 is 0 Å². The van der Waals surface area contributed by atoms with Crippen molar-refractivity contribution in [3.05, 3.63) is 0 Å². The predicted octanol–water partition coefficient (Wildman–Crippen LogP) is 3.60. The maximum absolute atomic E-state index is 4.13. The quantitative estimate of drug-likeness (QED) is 0.568. The third-order valence-electron chi connectivity index (χ3n) is 5.71. The molecule has 0 aromatic rings. The van der Waals surface area contributed by atoms with Crippen molar-refractivity contribution >= 4 is 15.9 Å². The third-order valence-corrected chi connectivity index (χ3v) is 7.34. The lowest BCUT2D eigenvalue weighted by atomic mass is 9.51. The molecule has 5 rings (SSSR count). The van der Waals surface area contributed by atoms with Gasteiger partial charge in [0.1, 0.15) is 0 Å². The second-order valence-electron chi connectivity index (χ2n) is 6.00. The minimum Gasteiger partial charge on any atom is -0.0847 e. The summed E-state index contributed by atoms with van der Waals surface area (Å²) < 4.78 is 0.630. The van der Waals surface area contributed by atoms with Gasteiger partial charge in [-0.1, -0.05) is 15.9 Å². The SMILES string of the molecule is BrC12CCC3C4CC(CC1C4)CC32. The van der Waals surface area contributed by atoms with Crippen LogP contribution in [0.4, 0.5) is 0 Å². The van der Waals surface area contributed by atoms with Gasteiger partial charge in [-0.2, -0.15) is 0 Å². The van der Waals surface area contributed by atoms with Crippen molar-refractivity contribution < 1.29 is 0 Å². The van der Waals surface area contributed by atoms with Gasteiger partial charge in [0.25, 0.3) is 0 Å². The predicted molar refractivity (Wildman–Crippen MR) is 56.8 cm³/mol. The molecule has 0 radical (unpaired) electrons. The molecule has 1 heteroatoms. The van der Waals surface area contributed by atoms with E-state index < -0.39 is 0 Å². The fourth-order valence-corrected chi connectivity index (χ4v) is 6.48. The third kappa shape index (κ3) is 0.760. The first kappa shape index (κ1) is 7.73. The number of rotatable bonds is 0. The molecule has 6 bridgehead atoms. The lowest BCUT2D eigenvalue weighted by Gasteiger charge is -2.58. The summed E-state index contributed by atoms with van der Waals surface area (Å²) in [4.78, 5) is 0. The topological polar surface area (TPSA) is 0 Å². The van der Waals surface area contributed by atoms with Gasteiger partial charge in [0.15, 0.2) is 0 Å². The van der Waals surface area contributed by atoms with Gasteiger partial charge in [-0.3, -0.25) is 0 Å². The van der Waals surface area contributed by atoms with E-state index in [0.29, 0.717) is 4.32 Å². The van der Waals surface area contributed by atoms with E-state index in [1.54, 1.807) is 32.1 Å². The van der Waals surface area contributed by atoms with Crippen molar-refractivity contribution in [3.8, 4) is 0 Å². The summed E-state index contributed by atoms with van der Waals surface area (Å²) >= 11 is 4.13. The summed E-state index contributed by atoms with van der Waals surface area (Å²) in [6.45, 7) is 0. The van der Waals surface area contributed by atoms with E-state index in [1.807, 2.05) is 0 Å². The molecule has 0 aliphatic heterocycles. The van der Waals surface area contributed by atoms with Crippen LogP contribution in [0.2, 0.25) is 0 Å². The lowest BCUT2D eigenvalue weighted by molar-refractivity contribution is -0.0290. The van der Waals surface area contributed by atoms with Crippen LogP contribution >= 0.6 is 15.9 Å². The molecule has 6 unspecified atom stereocenters. The molecule has 5 aliphatic carbocycles. The number of hydrogen-bond acceptors (Lipinski definition) is 0. The Balaban J connectivity index is 1.86. The fraction of sp³-hybridized carbons (Fsp3) is 1.00. The number of hydrogen-bond donors (Lipinski definition) is 0. The average Bonchev–Trinajstić information content (AvgIpc) is 2.41. The zero-order valence-electron chi connectivity index (χ0n) is 8.01. The van der Waals surface area contributed by atoms with Crippen LogP contribution in [0.3, 0.4) is 0 Å². The summed E-state index contributed by atoms with van der Waals surface area (Å²) in [6, 6.07) is 0. The van der Waals surface area contributed by atoms with Crippen molar-refractivity contribution in [3.63, 3.8) is 0 Å². The fourth-order valence-electron chi connectivity index (χ4n) is 5.35. The highest BCUT2D eigenvalue weighted by molar-refractivity contribution is 9.10. The second-order valence-corrected chi connectivity index (χ2v) is 7.48. The summed E-state index contributed by atoms with van der Waals surface area (Å²) in [5.41, 5.74) is 0. The molecular weight excluding hydrogens is 224 g/mol. The highest BCUT2D eigenvalue weighted by Gasteiger charge is 2.63. The summed E-state index contributed by atoms with van der Waals surface area (Å²) in [5.74, 6) is 5.56. The van der Waals surface area contributed by atoms with E-state index >= 15 is 0 Å². The van der Waals surface area contributed by atoms with Crippen LogP contribution in [-0.2, 0) is 0 Å². The van der Waals surface area contributed by atoms with Crippen molar-refractivity contribution in [2.75, 3.05) is 0 Å². The minimum atomic E-state index is 0.630. The van der Waals surface area contributed by atoms with E-state index in [-0.39, 0.29) is 0 Å². The zero-order valence-corrected chi connectivity index (χ0v) is 9.59. The minimum absolute atomic E-state index is 0.630. The van der Waals surface area contributed by atoms with Gasteiger partial charge in [-0.05, 0) is 68.1 Å². The number of alkyl halides is 1. The first-order valence-electron chi connectivity index (χ1n) is 5.96. The summed E-state index contributed by atoms with van der Waals surface area (Å²) in [6.07, 6.45) is 9.34. The van der Waals surface area contributed by atoms with E-state index in [9.17, 15) is 0 Å². The molecule has 13 heavy (non-hydrogen) atoms. The lowest BCUT2D eigenvalue weighted by Crippen LogP contribution is -2.53. The van der Waals surface area contributed by atoms with Crippen LogP contribution in [0, 0.1) is 29.6 Å². The first-order valence-corrected chi connectivity index (χ1v) is 6.75. The molecule has 0 spiro atoms. The Kier molecular flexibility index (Phi) is 1.30. The van der Waals surface area contributed by atoms with Crippen LogP contribution in [0.25, 0.3) is 0 Å².